The van der Waals surface area contributed by atoms with Crippen molar-refractivity contribution < 1.29 is 19.5 Å². The third kappa shape index (κ3) is 8.50. The lowest BCUT2D eigenvalue weighted by Gasteiger charge is -2.24. The average molecular weight is 519 g/mol. The van der Waals surface area contributed by atoms with Crippen LogP contribution in [0.4, 0.5) is 0 Å². The van der Waals surface area contributed by atoms with Crippen LogP contribution in [-0.2, 0) is 22.6 Å². The molecule has 0 spiro atoms. The number of carbonyl (C=O) groups excluding carboxylic acids is 2. The predicted molar refractivity (Wildman–Crippen MR) is 150 cm³/mol. The van der Waals surface area contributed by atoms with Crippen molar-refractivity contribution in [2.75, 3.05) is 13.1 Å². The molecular weight excluding hydrogens is 484 g/mol. The van der Waals surface area contributed by atoms with Crippen molar-refractivity contribution in [1.29, 1.82) is 0 Å². The van der Waals surface area contributed by atoms with Gasteiger partial charge in [-0.25, -0.2) is 4.79 Å². The van der Waals surface area contributed by atoms with Crippen LogP contribution in [0, 0.1) is 0 Å². The number of amides is 2. The largest absolute Gasteiger partial charge is 0.478 e. The number of carboxylic acid groups (broad SMARTS) is 1. The summed E-state index contributed by atoms with van der Waals surface area (Å²) in [5.74, 6) is -1.39. The highest BCUT2D eigenvalue weighted by Gasteiger charge is 2.19. The Hall–Kier alpha value is -3.58. The molecule has 3 aromatic rings. The molecule has 0 aliphatic heterocycles. The number of carboxylic acids is 1. The minimum Gasteiger partial charge on any atom is -0.478 e. The lowest BCUT2D eigenvalue weighted by Crippen LogP contribution is -2.42. The Balaban J connectivity index is 1.63. The van der Waals surface area contributed by atoms with Gasteiger partial charge in [-0.15, -0.1) is 0 Å². The fraction of sp³-hybridized carbons (Fsp3) is 0.300. The highest BCUT2D eigenvalue weighted by atomic mass is 32.1. The van der Waals surface area contributed by atoms with E-state index in [4.69, 9.17) is 0 Å². The molecule has 37 heavy (non-hydrogen) atoms. The third-order valence-corrected chi connectivity index (χ3v) is 6.59. The van der Waals surface area contributed by atoms with E-state index >= 15 is 0 Å². The van der Waals surface area contributed by atoms with E-state index in [2.05, 4.69) is 24.9 Å². The summed E-state index contributed by atoms with van der Waals surface area (Å²) in [6, 6.07) is 24.1. The molecule has 0 fully saturated rings. The highest BCUT2D eigenvalue weighted by molar-refractivity contribution is 7.81. The van der Waals surface area contributed by atoms with Crippen LogP contribution >= 0.6 is 12.6 Å². The molecule has 0 heterocycles. The molecule has 0 saturated heterocycles. The van der Waals surface area contributed by atoms with Crippen molar-refractivity contribution >= 4 is 30.4 Å². The number of nitrogens with zero attached hydrogens (tertiary/aromatic N) is 1. The maximum atomic E-state index is 13.1. The van der Waals surface area contributed by atoms with E-state index in [1.165, 1.54) is 0 Å². The maximum absolute atomic E-state index is 13.1. The molecule has 6 nitrogen and oxygen atoms in total. The number of aromatic carboxylic acids is 1. The fourth-order valence-electron chi connectivity index (χ4n) is 4.10. The van der Waals surface area contributed by atoms with E-state index in [1.807, 2.05) is 60.7 Å². The van der Waals surface area contributed by atoms with Gasteiger partial charge in [0.2, 0.25) is 11.8 Å². The molecule has 0 aliphatic rings. The number of hydrogen-bond donors (Lipinski definition) is 3. The first-order chi connectivity index (χ1) is 17.9. The lowest BCUT2D eigenvalue weighted by atomic mass is 9.98. The van der Waals surface area contributed by atoms with Crippen LogP contribution < -0.4 is 5.32 Å². The summed E-state index contributed by atoms with van der Waals surface area (Å²) in [6.45, 7) is 3.04. The quantitative estimate of drug-likeness (QED) is 0.214. The molecule has 3 aromatic carbocycles. The summed E-state index contributed by atoms with van der Waals surface area (Å²) in [7, 11) is 0. The van der Waals surface area contributed by atoms with Crippen molar-refractivity contribution in [3.63, 3.8) is 0 Å². The van der Waals surface area contributed by atoms with Crippen LogP contribution in [0.1, 0.15) is 47.7 Å². The van der Waals surface area contributed by atoms with Crippen LogP contribution in [0.15, 0.2) is 78.9 Å². The van der Waals surface area contributed by atoms with Gasteiger partial charge in [0, 0.05) is 13.1 Å². The molecule has 2 amide bonds. The molecule has 7 heteroatoms. The van der Waals surface area contributed by atoms with Gasteiger partial charge in [0.15, 0.2) is 0 Å². The molecule has 0 bridgehead atoms. The second-order valence-electron chi connectivity index (χ2n) is 8.99. The second kappa shape index (κ2) is 14.2. The van der Waals surface area contributed by atoms with Crippen molar-refractivity contribution in [2.45, 2.75) is 44.4 Å². The Morgan fingerprint density at radius 1 is 0.892 bits per heavy atom. The molecule has 0 aliphatic carbocycles. The Morgan fingerprint density at radius 2 is 1.57 bits per heavy atom. The standard InChI is InChI=1S/C30H34N2O4S/c1-2-3-9-18-32(28(33)20-31-29(34)27(37)19-22-10-5-4-6-11-22)21-23-14-16-24(17-15-23)25-12-7-8-13-26(25)30(35)36/h4-8,10-17,27,37H,2-3,9,18-21H2,1H3,(H,31,34)(H,35,36). The molecule has 0 aromatic heterocycles. The number of rotatable bonds is 13. The van der Waals surface area contributed by atoms with Crippen LogP contribution in [0.25, 0.3) is 11.1 Å². The van der Waals surface area contributed by atoms with Crippen molar-refractivity contribution in [1.82, 2.24) is 10.2 Å². The first-order valence-electron chi connectivity index (χ1n) is 12.6. The minimum absolute atomic E-state index is 0.0825. The fourth-order valence-corrected chi connectivity index (χ4v) is 4.40. The topological polar surface area (TPSA) is 86.7 Å². The summed E-state index contributed by atoms with van der Waals surface area (Å²) in [5, 5.41) is 11.7. The molecule has 3 rings (SSSR count). The monoisotopic (exact) mass is 518 g/mol. The summed E-state index contributed by atoms with van der Waals surface area (Å²) in [4.78, 5) is 38.9. The van der Waals surface area contributed by atoms with Gasteiger partial charge < -0.3 is 15.3 Å². The average Bonchev–Trinajstić information content (AvgIpc) is 2.92. The van der Waals surface area contributed by atoms with Gasteiger partial charge >= 0.3 is 5.97 Å². The third-order valence-electron chi connectivity index (χ3n) is 6.17. The highest BCUT2D eigenvalue weighted by Crippen LogP contribution is 2.24. The lowest BCUT2D eigenvalue weighted by molar-refractivity contribution is -0.133. The Kier molecular flexibility index (Phi) is 10.8. The Labute approximate surface area is 224 Å². The molecule has 194 valence electrons. The number of carbonyl (C=O) groups is 3. The van der Waals surface area contributed by atoms with Gasteiger partial charge in [-0.3, -0.25) is 9.59 Å². The summed E-state index contributed by atoms with van der Waals surface area (Å²) in [5.41, 5.74) is 3.65. The van der Waals surface area contributed by atoms with Crippen molar-refractivity contribution in [3.8, 4) is 11.1 Å². The number of nitrogens with one attached hydrogen (secondary N) is 1. The number of thiol groups is 1. The molecular formula is C30H34N2O4S. The van der Waals surface area contributed by atoms with Crippen LogP contribution in [0.3, 0.4) is 0 Å². The molecule has 0 radical (unpaired) electrons. The van der Waals surface area contributed by atoms with Gasteiger partial charge in [-0.2, -0.15) is 12.6 Å². The van der Waals surface area contributed by atoms with E-state index < -0.39 is 11.2 Å². The van der Waals surface area contributed by atoms with E-state index in [9.17, 15) is 19.5 Å². The van der Waals surface area contributed by atoms with Crippen LogP contribution in [-0.4, -0.2) is 46.1 Å². The molecule has 1 unspecified atom stereocenters. The zero-order valence-electron chi connectivity index (χ0n) is 21.1. The van der Waals surface area contributed by atoms with Crippen molar-refractivity contribution in [3.05, 3.63) is 95.6 Å². The van der Waals surface area contributed by atoms with Gasteiger partial charge in [-0.1, -0.05) is 92.6 Å². The zero-order chi connectivity index (χ0) is 26.6. The number of hydrogen-bond acceptors (Lipinski definition) is 4. The normalized spacial score (nSPS) is 11.5. The number of unbranched alkanes of at least 4 members (excludes halogenated alkanes) is 2. The predicted octanol–water partition coefficient (Wildman–Crippen LogP) is 5.23. The van der Waals surface area contributed by atoms with E-state index in [0.29, 0.717) is 25.1 Å². The molecule has 1 atom stereocenters. The van der Waals surface area contributed by atoms with Gasteiger partial charge in [-0.05, 0) is 41.2 Å². The van der Waals surface area contributed by atoms with Gasteiger partial charge in [0.25, 0.3) is 0 Å². The summed E-state index contributed by atoms with van der Waals surface area (Å²) < 4.78 is 0. The number of benzene rings is 3. The maximum Gasteiger partial charge on any atom is 0.336 e. The Bertz CT molecular complexity index is 1180. The van der Waals surface area contributed by atoms with E-state index in [0.717, 1.165) is 36.0 Å². The Morgan fingerprint density at radius 3 is 2.24 bits per heavy atom. The van der Waals surface area contributed by atoms with Crippen molar-refractivity contribution in [2.24, 2.45) is 0 Å². The van der Waals surface area contributed by atoms with Crippen LogP contribution in [0.5, 0.6) is 0 Å². The van der Waals surface area contributed by atoms with Gasteiger partial charge in [0.1, 0.15) is 0 Å². The minimum atomic E-state index is -0.971. The SMILES string of the molecule is CCCCCN(Cc1ccc(-c2ccccc2C(=O)O)cc1)C(=O)CNC(=O)C(S)Cc1ccccc1. The first-order valence-corrected chi connectivity index (χ1v) is 13.1. The molecule has 2 N–H and O–H groups in total. The van der Waals surface area contributed by atoms with Gasteiger partial charge in [0.05, 0.1) is 17.4 Å². The summed E-state index contributed by atoms with van der Waals surface area (Å²) in [6.07, 6.45) is 3.42. The van der Waals surface area contributed by atoms with E-state index in [-0.39, 0.29) is 23.9 Å². The zero-order valence-corrected chi connectivity index (χ0v) is 22.0. The molecule has 0 saturated carbocycles. The second-order valence-corrected chi connectivity index (χ2v) is 9.62. The summed E-state index contributed by atoms with van der Waals surface area (Å²) >= 11 is 4.43. The van der Waals surface area contributed by atoms with Crippen LogP contribution in [0.2, 0.25) is 0 Å². The van der Waals surface area contributed by atoms with E-state index in [1.54, 1.807) is 23.1 Å². The smallest absolute Gasteiger partial charge is 0.336 e. The first kappa shape index (κ1) is 28.0.